The van der Waals surface area contributed by atoms with Gasteiger partial charge in [-0.3, -0.25) is 0 Å². The number of rotatable bonds is 7. The second kappa shape index (κ2) is 7.99. The van der Waals surface area contributed by atoms with Crippen molar-refractivity contribution in [3.05, 3.63) is 65.0 Å². The number of hydrogen-bond donors (Lipinski definition) is 1. The molecule has 1 heterocycles. The van der Waals surface area contributed by atoms with E-state index in [4.69, 9.17) is 16.1 Å². The van der Waals surface area contributed by atoms with Gasteiger partial charge in [0.2, 0.25) is 21.7 Å². The molecule has 0 saturated heterocycles. The van der Waals surface area contributed by atoms with Crippen LogP contribution in [0.4, 0.5) is 0 Å². The molecular weight excluding hydrogens is 374 g/mol. The van der Waals surface area contributed by atoms with E-state index >= 15 is 0 Å². The minimum atomic E-state index is -3.56. The number of sulfonamides is 1. The molecule has 0 aliphatic carbocycles. The van der Waals surface area contributed by atoms with Crippen LogP contribution >= 0.6 is 11.6 Å². The predicted octanol–water partition coefficient (Wildman–Crippen LogP) is 3.47. The molecule has 0 bridgehead atoms. The molecule has 1 N–H and O–H groups in total. The van der Waals surface area contributed by atoms with E-state index in [0.29, 0.717) is 23.2 Å². The summed E-state index contributed by atoms with van der Waals surface area (Å²) in [5.41, 5.74) is 1.87. The lowest BCUT2D eigenvalue weighted by Crippen LogP contribution is -2.26. The van der Waals surface area contributed by atoms with Crippen LogP contribution in [0, 0.1) is 0 Å². The summed E-state index contributed by atoms with van der Waals surface area (Å²) in [4.78, 5) is 4.51. The average molecular weight is 392 g/mol. The minimum absolute atomic E-state index is 0.167. The Morgan fingerprint density at radius 3 is 2.42 bits per heavy atom. The molecule has 0 atom stereocenters. The summed E-state index contributed by atoms with van der Waals surface area (Å²) < 4.78 is 32.3. The largest absolute Gasteiger partial charge is 0.339 e. The normalized spacial score (nSPS) is 11.6. The number of nitrogens with zero attached hydrogens (tertiary/aromatic N) is 2. The molecule has 0 saturated carbocycles. The Kier molecular flexibility index (Phi) is 5.70. The zero-order valence-corrected chi connectivity index (χ0v) is 15.7. The number of halogens is 1. The molecule has 0 fully saturated rings. The average Bonchev–Trinajstić information content (AvgIpc) is 3.11. The molecule has 136 valence electrons. The Hall–Kier alpha value is -2.22. The molecule has 8 heteroatoms. The second-order valence-electron chi connectivity index (χ2n) is 5.66. The third-order valence-electron chi connectivity index (χ3n) is 3.84. The van der Waals surface area contributed by atoms with Crippen molar-refractivity contribution in [3.8, 4) is 11.4 Å². The van der Waals surface area contributed by atoms with E-state index in [-0.39, 0.29) is 11.4 Å². The zero-order valence-electron chi connectivity index (χ0n) is 14.1. The molecule has 26 heavy (non-hydrogen) atoms. The first-order valence-corrected chi connectivity index (χ1v) is 10.0. The number of benzene rings is 2. The Bertz CT molecular complexity index is 968. The van der Waals surface area contributed by atoms with Gasteiger partial charge >= 0.3 is 0 Å². The quantitative estimate of drug-likeness (QED) is 0.666. The van der Waals surface area contributed by atoms with Gasteiger partial charge < -0.3 is 4.52 Å². The molecule has 0 spiro atoms. The molecule has 1 aromatic heterocycles. The highest BCUT2D eigenvalue weighted by Gasteiger charge is 2.14. The van der Waals surface area contributed by atoms with E-state index < -0.39 is 10.0 Å². The van der Waals surface area contributed by atoms with E-state index in [1.54, 1.807) is 36.4 Å². The van der Waals surface area contributed by atoms with Crippen molar-refractivity contribution in [2.24, 2.45) is 0 Å². The lowest BCUT2D eigenvalue weighted by atomic mass is 10.2. The standard InChI is InChI=1S/C18H18ClN3O3S/c1-2-13-3-9-16(10-4-13)26(23,24)20-12-11-17-21-18(22-25-17)14-5-7-15(19)8-6-14/h3-10,20H,2,11-12H2,1H3. The van der Waals surface area contributed by atoms with Gasteiger partial charge in [-0.2, -0.15) is 4.98 Å². The first kappa shape index (κ1) is 18.6. The van der Waals surface area contributed by atoms with E-state index in [1.807, 2.05) is 19.1 Å². The fraction of sp³-hybridized carbons (Fsp3) is 0.222. The van der Waals surface area contributed by atoms with Crippen LogP contribution in [0.15, 0.2) is 57.9 Å². The minimum Gasteiger partial charge on any atom is -0.339 e. The smallest absolute Gasteiger partial charge is 0.240 e. The van der Waals surface area contributed by atoms with Gasteiger partial charge in [0.05, 0.1) is 4.90 Å². The van der Waals surface area contributed by atoms with E-state index in [1.165, 1.54) is 0 Å². The number of nitrogens with one attached hydrogen (secondary N) is 1. The van der Waals surface area contributed by atoms with Crippen molar-refractivity contribution >= 4 is 21.6 Å². The van der Waals surface area contributed by atoms with Gasteiger partial charge in [0.15, 0.2) is 0 Å². The van der Waals surface area contributed by atoms with Crippen LogP contribution in [-0.2, 0) is 22.9 Å². The van der Waals surface area contributed by atoms with Crippen LogP contribution in [0.1, 0.15) is 18.4 Å². The predicted molar refractivity (Wildman–Crippen MR) is 99.5 cm³/mol. The third kappa shape index (κ3) is 4.49. The monoisotopic (exact) mass is 391 g/mol. The topological polar surface area (TPSA) is 85.1 Å². The lowest BCUT2D eigenvalue weighted by Gasteiger charge is -2.06. The van der Waals surface area contributed by atoms with Crippen molar-refractivity contribution < 1.29 is 12.9 Å². The molecule has 3 rings (SSSR count). The van der Waals surface area contributed by atoms with Crippen LogP contribution in [0.3, 0.4) is 0 Å². The van der Waals surface area contributed by atoms with Gasteiger partial charge in [0, 0.05) is 23.6 Å². The molecule has 0 radical (unpaired) electrons. The highest BCUT2D eigenvalue weighted by molar-refractivity contribution is 7.89. The van der Waals surface area contributed by atoms with Crippen LogP contribution in [-0.4, -0.2) is 25.1 Å². The van der Waals surface area contributed by atoms with Crippen LogP contribution in [0.2, 0.25) is 5.02 Å². The second-order valence-corrected chi connectivity index (χ2v) is 7.87. The van der Waals surface area contributed by atoms with Gasteiger partial charge in [0.1, 0.15) is 0 Å². The summed E-state index contributed by atoms with van der Waals surface area (Å²) in [5, 5.41) is 4.53. The van der Waals surface area contributed by atoms with Crippen molar-refractivity contribution in [1.82, 2.24) is 14.9 Å². The van der Waals surface area contributed by atoms with Crippen molar-refractivity contribution in [2.75, 3.05) is 6.54 Å². The fourth-order valence-corrected chi connectivity index (χ4v) is 3.51. The Morgan fingerprint density at radius 1 is 1.08 bits per heavy atom. The van der Waals surface area contributed by atoms with Crippen LogP contribution < -0.4 is 4.72 Å². The number of hydrogen-bond acceptors (Lipinski definition) is 5. The molecule has 0 unspecified atom stereocenters. The molecule has 0 aliphatic rings. The Labute approximate surface area is 157 Å². The van der Waals surface area contributed by atoms with Gasteiger partial charge in [-0.25, -0.2) is 13.1 Å². The van der Waals surface area contributed by atoms with Crippen LogP contribution in [0.5, 0.6) is 0 Å². The maximum Gasteiger partial charge on any atom is 0.240 e. The summed E-state index contributed by atoms with van der Waals surface area (Å²) in [6.07, 6.45) is 1.16. The summed E-state index contributed by atoms with van der Waals surface area (Å²) in [7, 11) is -3.56. The van der Waals surface area contributed by atoms with Crippen molar-refractivity contribution in [1.29, 1.82) is 0 Å². The Morgan fingerprint density at radius 2 is 1.77 bits per heavy atom. The zero-order chi connectivity index (χ0) is 18.6. The molecular formula is C18H18ClN3O3S. The van der Waals surface area contributed by atoms with E-state index in [2.05, 4.69) is 14.9 Å². The molecule has 3 aromatic rings. The number of aromatic nitrogens is 2. The van der Waals surface area contributed by atoms with E-state index in [9.17, 15) is 8.42 Å². The van der Waals surface area contributed by atoms with E-state index in [0.717, 1.165) is 17.5 Å². The SMILES string of the molecule is CCc1ccc(S(=O)(=O)NCCc2nc(-c3ccc(Cl)cc3)no2)cc1. The maximum atomic E-state index is 12.3. The summed E-state index contributed by atoms with van der Waals surface area (Å²) in [6.45, 7) is 2.19. The maximum absolute atomic E-state index is 12.3. The molecule has 2 aromatic carbocycles. The third-order valence-corrected chi connectivity index (χ3v) is 5.57. The highest BCUT2D eigenvalue weighted by atomic mass is 35.5. The fourth-order valence-electron chi connectivity index (χ4n) is 2.35. The Balaban J connectivity index is 1.60. The first-order valence-electron chi connectivity index (χ1n) is 8.15. The van der Waals surface area contributed by atoms with Crippen molar-refractivity contribution in [2.45, 2.75) is 24.7 Å². The summed E-state index contributed by atoms with van der Waals surface area (Å²) in [6, 6.07) is 13.9. The van der Waals surface area contributed by atoms with Gasteiger partial charge in [-0.1, -0.05) is 35.8 Å². The number of aryl methyl sites for hydroxylation is 1. The van der Waals surface area contributed by atoms with Crippen molar-refractivity contribution in [3.63, 3.8) is 0 Å². The van der Waals surface area contributed by atoms with Crippen LogP contribution in [0.25, 0.3) is 11.4 Å². The molecule has 0 amide bonds. The lowest BCUT2D eigenvalue weighted by molar-refractivity contribution is 0.379. The molecule has 0 aliphatic heterocycles. The first-order chi connectivity index (χ1) is 12.5. The molecule has 6 nitrogen and oxygen atoms in total. The van der Waals surface area contributed by atoms with Gasteiger partial charge in [-0.15, -0.1) is 0 Å². The van der Waals surface area contributed by atoms with Gasteiger partial charge in [0.25, 0.3) is 0 Å². The summed E-state index contributed by atoms with van der Waals surface area (Å²) in [5.74, 6) is 0.800. The van der Waals surface area contributed by atoms with Gasteiger partial charge in [-0.05, 0) is 48.4 Å². The summed E-state index contributed by atoms with van der Waals surface area (Å²) >= 11 is 5.85. The highest BCUT2D eigenvalue weighted by Crippen LogP contribution is 2.18.